The molecule has 0 unspecified atom stereocenters. The summed E-state index contributed by atoms with van der Waals surface area (Å²) in [6, 6.07) is 0. The standard InChI is InChI=1S/C10H21.2Na/c1-3-5-7-9-10-8-6-4-2;;/h1,3-10H2,2H3;;/q-1;;+1. The molecule has 0 aliphatic rings. The van der Waals surface area contributed by atoms with E-state index in [-0.39, 0.29) is 59.1 Å². The molecule has 0 aromatic rings. The van der Waals surface area contributed by atoms with Crippen molar-refractivity contribution in [3.05, 3.63) is 6.92 Å². The SMILES string of the molecule is [CH2-]CCCCCCCCC.[Na+].[Na]. The summed E-state index contributed by atoms with van der Waals surface area (Å²) in [7, 11) is 0. The van der Waals surface area contributed by atoms with Gasteiger partial charge in [0.05, 0.1) is 0 Å². The Kier molecular flexibility index (Phi) is 30.5. The van der Waals surface area contributed by atoms with Crippen LogP contribution in [0.25, 0.3) is 0 Å². The molecule has 0 saturated carbocycles. The predicted molar refractivity (Wildman–Crippen MR) is 53.7 cm³/mol. The number of hydrogen-bond acceptors (Lipinski definition) is 0. The van der Waals surface area contributed by atoms with Crippen LogP contribution in [0.5, 0.6) is 0 Å². The first-order valence-corrected chi connectivity index (χ1v) is 4.71. The molecule has 0 fully saturated rings. The molecule has 0 bridgehead atoms. The Bertz CT molecular complexity index is 47.8. The third-order valence-corrected chi connectivity index (χ3v) is 1.85. The van der Waals surface area contributed by atoms with Crippen LogP contribution in [0.3, 0.4) is 0 Å². The zero-order chi connectivity index (χ0) is 7.66. The van der Waals surface area contributed by atoms with Crippen LogP contribution < -0.4 is 29.6 Å². The molecule has 0 spiro atoms. The summed E-state index contributed by atoms with van der Waals surface area (Å²) in [5.41, 5.74) is 0. The molecule has 0 rings (SSSR count). The van der Waals surface area contributed by atoms with Crippen molar-refractivity contribution in [3.63, 3.8) is 0 Å². The van der Waals surface area contributed by atoms with Crippen LogP contribution in [0.15, 0.2) is 0 Å². The third kappa shape index (κ3) is 17.9. The molecule has 0 aromatic heterocycles. The van der Waals surface area contributed by atoms with Crippen LogP contribution in [-0.2, 0) is 0 Å². The topological polar surface area (TPSA) is 0 Å². The van der Waals surface area contributed by atoms with Crippen molar-refractivity contribution >= 4 is 29.6 Å². The quantitative estimate of drug-likeness (QED) is 0.311. The first kappa shape index (κ1) is 19.6. The van der Waals surface area contributed by atoms with E-state index in [1.807, 2.05) is 0 Å². The Morgan fingerprint density at radius 2 is 1.25 bits per heavy atom. The number of rotatable bonds is 7. The summed E-state index contributed by atoms with van der Waals surface area (Å²) in [5, 5.41) is 0. The second-order valence-corrected chi connectivity index (χ2v) is 2.97. The fourth-order valence-corrected chi connectivity index (χ4v) is 1.13. The molecule has 0 aromatic carbocycles. The van der Waals surface area contributed by atoms with Crippen LogP contribution >= 0.6 is 0 Å². The first-order chi connectivity index (χ1) is 4.91. The molecule has 63 valence electrons. The van der Waals surface area contributed by atoms with E-state index in [0.29, 0.717) is 0 Å². The van der Waals surface area contributed by atoms with Gasteiger partial charge in [-0.05, 0) is 0 Å². The van der Waals surface area contributed by atoms with Crippen LogP contribution in [0.1, 0.15) is 58.3 Å². The van der Waals surface area contributed by atoms with Crippen molar-refractivity contribution in [1.82, 2.24) is 0 Å². The molecule has 1 radical (unpaired) electrons. The van der Waals surface area contributed by atoms with Crippen molar-refractivity contribution in [1.29, 1.82) is 0 Å². The van der Waals surface area contributed by atoms with Gasteiger partial charge in [-0.3, -0.25) is 0 Å². The van der Waals surface area contributed by atoms with Gasteiger partial charge in [-0.15, -0.1) is 0 Å². The molecule has 0 aliphatic carbocycles. The minimum absolute atomic E-state index is 0. The molecule has 0 heterocycles. The summed E-state index contributed by atoms with van der Waals surface area (Å²) in [6.45, 7) is 6.08. The van der Waals surface area contributed by atoms with Gasteiger partial charge in [0.15, 0.2) is 0 Å². The van der Waals surface area contributed by atoms with Crippen LogP contribution in [-0.4, -0.2) is 29.6 Å². The Morgan fingerprint density at radius 3 is 1.67 bits per heavy atom. The molecule has 0 saturated heterocycles. The number of hydrogen-bond donors (Lipinski definition) is 0. The van der Waals surface area contributed by atoms with Crippen molar-refractivity contribution < 1.29 is 29.6 Å². The van der Waals surface area contributed by atoms with E-state index in [2.05, 4.69) is 13.8 Å². The monoisotopic (exact) mass is 187 g/mol. The van der Waals surface area contributed by atoms with E-state index >= 15 is 0 Å². The Labute approximate surface area is 123 Å². The Morgan fingerprint density at radius 1 is 0.833 bits per heavy atom. The van der Waals surface area contributed by atoms with E-state index in [1.54, 1.807) is 0 Å². The van der Waals surface area contributed by atoms with Crippen molar-refractivity contribution in [3.8, 4) is 0 Å². The molecule has 0 amide bonds. The zero-order valence-electron chi connectivity index (χ0n) is 9.36. The fourth-order valence-electron chi connectivity index (χ4n) is 1.13. The average molecular weight is 187 g/mol. The summed E-state index contributed by atoms with van der Waals surface area (Å²) in [6.07, 6.45) is 10.9. The summed E-state index contributed by atoms with van der Waals surface area (Å²) in [4.78, 5) is 0. The van der Waals surface area contributed by atoms with Gasteiger partial charge < -0.3 is 6.92 Å². The number of unbranched alkanes of at least 4 members (excludes halogenated alkanes) is 7. The summed E-state index contributed by atoms with van der Waals surface area (Å²) >= 11 is 0. The summed E-state index contributed by atoms with van der Waals surface area (Å²) in [5.74, 6) is 0. The molecule has 0 atom stereocenters. The van der Waals surface area contributed by atoms with Crippen LogP contribution in [0, 0.1) is 6.92 Å². The van der Waals surface area contributed by atoms with Crippen LogP contribution in [0.2, 0.25) is 0 Å². The van der Waals surface area contributed by atoms with Gasteiger partial charge in [0.2, 0.25) is 0 Å². The smallest absolute Gasteiger partial charge is 0.343 e. The molecule has 0 aliphatic heterocycles. The van der Waals surface area contributed by atoms with Crippen molar-refractivity contribution in [2.24, 2.45) is 0 Å². The maximum Gasteiger partial charge on any atom is 1.00 e. The zero-order valence-corrected chi connectivity index (χ0v) is 13.4. The van der Waals surface area contributed by atoms with Crippen LogP contribution in [0.4, 0.5) is 0 Å². The van der Waals surface area contributed by atoms with E-state index in [9.17, 15) is 0 Å². The minimum Gasteiger partial charge on any atom is -0.343 e. The van der Waals surface area contributed by atoms with Gasteiger partial charge >= 0.3 is 29.6 Å². The van der Waals surface area contributed by atoms with Crippen molar-refractivity contribution in [2.75, 3.05) is 0 Å². The minimum atomic E-state index is 0. The van der Waals surface area contributed by atoms with Gasteiger partial charge in [0.25, 0.3) is 0 Å². The third-order valence-electron chi connectivity index (χ3n) is 1.85. The van der Waals surface area contributed by atoms with Crippen molar-refractivity contribution in [2.45, 2.75) is 58.3 Å². The van der Waals surface area contributed by atoms with E-state index in [4.69, 9.17) is 0 Å². The second-order valence-electron chi connectivity index (χ2n) is 2.97. The largest absolute Gasteiger partial charge is 1.00 e. The molecule has 0 nitrogen and oxygen atoms in total. The maximum absolute atomic E-state index is 3.82. The van der Waals surface area contributed by atoms with Gasteiger partial charge in [-0.2, -0.15) is 6.42 Å². The van der Waals surface area contributed by atoms with Gasteiger partial charge in [0, 0.05) is 29.6 Å². The average Bonchev–Trinajstić information content (AvgIpc) is 1.97. The second kappa shape index (κ2) is 18.7. The fraction of sp³-hybridized carbons (Fsp3) is 0.900. The Balaban J connectivity index is -0.000000405. The molecular formula is C10H21Na2. The van der Waals surface area contributed by atoms with Gasteiger partial charge in [-0.1, -0.05) is 51.9 Å². The molecular weight excluding hydrogens is 166 g/mol. The van der Waals surface area contributed by atoms with E-state index in [0.717, 1.165) is 6.42 Å². The maximum atomic E-state index is 3.82. The first-order valence-electron chi connectivity index (χ1n) is 4.71. The molecule has 2 heteroatoms. The predicted octanol–water partition coefficient (Wildman–Crippen LogP) is 0.584. The van der Waals surface area contributed by atoms with Gasteiger partial charge in [-0.25, -0.2) is 0 Å². The molecule has 0 N–H and O–H groups in total. The van der Waals surface area contributed by atoms with Gasteiger partial charge in [0.1, 0.15) is 0 Å². The molecule has 12 heavy (non-hydrogen) atoms. The van der Waals surface area contributed by atoms with E-state index < -0.39 is 0 Å². The normalized spacial score (nSPS) is 8.50. The summed E-state index contributed by atoms with van der Waals surface area (Å²) < 4.78 is 0. The Hall–Kier alpha value is 2.00. The van der Waals surface area contributed by atoms with E-state index in [1.165, 1.54) is 44.9 Å².